The predicted molar refractivity (Wildman–Crippen MR) is 86.4 cm³/mol. The van der Waals surface area contributed by atoms with Crippen LogP contribution in [0.2, 0.25) is 5.02 Å². The molecule has 0 bridgehead atoms. The summed E-state index contributed by atoms with van der Waals surface area (Å²) in [7, 11) is 5.96. The van der Waals surface area contributed by atoms with E-state index in [1.807, 2.05) is 27.2 Å². The van der Waals surface area contributed by atoms with Crippen LogP contribution in [0.5, 0.6) is 0 Å². The summed E-state index contributed by atoms with van der Waals surface area (Å²) in [5.41, 5.74) is 2.11. The third-order valence-electron chi connectivity index (χ3n) is 4.23. The van der Waals surface area contributed by atoms with Gasteiger partial charge in [0, 0.05) is 22.8 Å². The summed E-state index contributed by atoms with van der Waals surface area (Å²) < 4.78 is 0. The van der Waals surface area contributed by atoms with Gasteiger partial charge in [-0.2, -0.15) is 0 Å². The second-order valence-corrected chi connectivity index (χ2v) is 5.64. The number of fused-ring (bicyclic) bond motifs is 1. The molecule has 1 aromatic rings. The van der Waals surface area contributed by atoms with Crippen LogP contribution in [0, 0.1) is 0 Å². The van der Waals surface area contributed by atoms with Crippen LogP contribution in [0.15, 0.2) is 18.2 Å². The summed E-state index contributed by atoms with van der Waals surface area (Å²) in [6, 6.07) is 6.14. The molecular weight excluding hydrogens is 272 g/mol. The van der Waals surface area contributed by atoms with Crippen LogP contribution in [-0.4, -0.2) is 33.9 Å². The number of rotatable bonds is 6. The maximum Gasteiger partial charge on any atom is 0.131 e. The van der Waals surface area contributed by atoms with Gasteiger partial charge in [-0.3, -0.25) is 16.0 Å². The summed E-state index contributed by atoms with van der Waals surface area (Å²) in [5, 5.41) is 11.1. The summed E-state index contributed by atoms with van der Waals surface area (Å²) in [6.07, 6.45) is 2.50. The smallest absolute Gasteiger partial charge is 0.131 e. The molecule has 1 aromatic carbocycles. The number of anilines is 1. The molecule has 4 nitrogen and oxygen atoms in total. The highest BCUT2D eigenvalue weighted by molar-refractivity contribution is 6.30. The van der Waals surface area contributed by atoms with Crippen LogP contribution in [0.3, 0.4) is 0 Å². The molecule has 2 rings (SSSR count). The van der Waals surface area contributed by atoms with Crippen molar-refractivity contribution in [1.29, 1.82) is 0 Å². The van der Waals surface area contributed by atoms with E-state index in [1.54, 1.807) is 0 Å². The lowest BCUT2D eigenvalue weighted by Crippen LogP contribution is -2.65. The number of unbranched alkanes of at least 4 members (excludes halogenated alkanes) is 1. The molecule has 3 N–H and O–H groups in total. The van der Waals surface area contributed by atoms with Gasteiger partial charge in [0.2, 0.25) is 0 Å². The Balaban J connectivity index is 2.52. The maximum absolute atomic E-state index is 6.21. The van der Waals surface area contributed by atoms with E-state index < -0.39 is 0 Å². The topological polar surface area (TPSA) is 39.3 Å². The first-order valence-electron chi connectivity index (χ1n) is 7.26. The van der Waals surface area contributed by atoms with Crippen LogP contribution < -0.4 is 20.9 Å². The molecular formula is C15H25ClN4. The van der Waals surface area contributed by atoms with Crippen molar-refractivity contribution in [3.8, 4) is 0 Å². The Morgan fingerprint density at radius 3 is 2.50 bits per heavy atom. The lowest BCUT2D eigenvalue weighted by molar-refractivity contribution is 0.229. The monoisotopic (exact) mass is 296 g/mol. The SMILES string of the molecule is CCCCN1c2ccc(Cl)cc2C(NC)(NC)C1NC. The number of nitrogens with zero attached hydrogens (tertiary/aromatic N) is 1. The molecule has 0 radical (unpaired) electrons. The molecule has 1 unspecified atom stereocenters. The second-order valence-electron chi connectivity index (χ2n) is 5.21. The van der Waals surface area contributed by atoms with Crippen molar-refractivity contribution in [1.82, 2.24) is 16.0 Å². The summed E-state index contributed by atoms with van der Waals surface area (Å²) >= 11 is 6.21. The first-order chi connectivity index (χ1) is 9.64. The first kappa shape index (κ1) is 15.6. The molecule has 0 aliphatic carbocycles. The zero-order valence-corrected chi connectivity index (χ0v) is 13.5. The summed E-state index contributed by atoms with van der Waals surface area (Å²) in [4.78, 5) is 2.42. The second kappa shape index (κ2) is 6.31. The lowest BCUT2D eigenvalue weighted by atomic mass is 9.99. The Bertz CT molecular complexity index is 459. The summed E-state index contributed by atoms with van der Waals surface area (Å²) in [5.74, 6) is 0. The largest absolute Gasteiger partial charge is 0.352 e. The molecule has 1 aliphatic rings. The summed E-state index contributed by atoms with van der Waals surface area (Å²) in [6.45, 7) is 3.25. The van der Waals surface area contributed by atoms with Gasteiger partial charge in [0.05, 0.1) is 0 Å². The molecule has 1 aliphatic heterocycles. The Morgan fingerprint density at radius 2 is 1.95 bits per heavy atom. The Kier molecular flexibility index (Phi) is 4.91. The minimum atomic E-state index is -0.331. The molecule has 0 amide bonds. The van der Waals surface area contributed by atoms with Crippen LogP contribution >= 0.6 is 11.6 Å². The number of hydrogen-bond donors (Lipinski definition) is 3. The zero-order chi connectivity index (χ0) is 14.8. The van der Waals surface area contributed by atoms with E-state index in [0.29, 0.717) is 0 Å². The van der Waals surface area contributed by atoms with Crippen LogP contribution in [-0.2, 0) is 5.66 Å². The highest BCUT2D eigenvalue weighted by Crippen LogP contribution is 2.42. The van der Waals surface area contributed by atoms with Gasteiger partial charge < -0.3 is 4.90 Å². The van der Waals surface area contributed by atoms with E-state index in [2.05, 4.69) is 39.9 Å². The Labute approximate surface area is 126 Å². The standard InChI is InChI=1S/C15H25ClN4/c1-5-6-9-20-13-8-7-11(16)10-12(13)15(18-3,19-4)14(20)17-2/h7-8,10,14,17-19H,5-6,9H2,1-4H3. The van der Waals surface area contributed by atoms with Gasteiger partial charge in [-0.1, -0.05) is 24.9 Å². The molecule has 112 valence electrons. The van der Waals surface area contributed by atoms with Crippen molar-refractivity contribution in [3.05, 3.63) is 28.8 Å². The van der Waals surface area contributed by atoms with Crippen molar-refractivity contribution in [2.45, 2.75) is 31.6 Å². The van der Waals surface area contributed by atoms with E-state index in [0.717, 1.165) is 11.6 Å². The normalized spacial score (nSPS) is 20.2. The number of benzene rings is 1. The van der Waals surface area contributed by atoms with Crippen molar-refractivity contribution < 1.29 is 0 Å². The van der Waals surface area contributed by atoms with Gasteiger partial charge in [0.15, 0.2) is 0 Å². The average Bonchev–Trinajstić information content (AvgIpc) is 2.73. The fourth-order valence-corrected chi connectivity index (χ4v) is 3.38. The average molecular weight is 297 g/mol. The highest BCUT2D eigenvalue weighted by Gasteiger charge is 2.48. The number of halogens is 1. The van der Waals surface area contributed by atoms with Crippen LogP contribution in [0.25, 0.3) is 0 Å². The van der Waals surface area contributed by atoms with E-state index >= 15 is 0 Å². The Hall–Kier alpha value is -0.810. The van der Waals surface area contributed by atoms with Crippen molar-refractivity contribution in [2.24, 2.45) is 0 Å². The van der Waals surface area contributed by atoms with Crippen LogP contribution in [0.4, 0.5) is 5.69 Å². The molecule has 5 heteroatoms. The van der Waals surface area contributed by atoms with E-state index in [1.165, 1.54) is 24.1 Å². The van der Waals surface area contributed by atoms with Gasteiger partial charge in [-0.05, 0) is 45.8 Å². The molecule has 0 spiro atoms. The number of nitrogens with one attached hydrogen (secondary N) is 3. The van der Waals surface area contributed by atoms with E-state index in [-0.39, 0.29) is 11.8 Å². The fraction of sp³-hybridized carbons (Fsp3) is 0.600. The predicted octanol–water partition coefficient (Wildman–Crippen LogP) is 2.10. The van der Waals surface area contributed by atoms with Crippen LogP contribution in [0.1, 0.15) is 25.3 Å². The Morgan fingerprint density at radius 1 is 1.25 bits per heavy atom. The van der Waals surface area contributed by atoms with Gasteiger partial charge in [0.25, 0.3) is 0 Å². The maximum atomic E-state index is 6.21. The fourth-order valence-electron chi connectivity index (χ4n) is 3.21. The van der Waals surface area contributed by atoms with E-state index in [4.69, 9.17) is 11.6 Å². The van der Waals surface area contributed by atoms with Gasteiger partial charge in [-0.25, -0.2) is 0 Å². The number of likely N-dealkylation sites (N-methyl/N-ethyl adjacent to an activating group) is 3. The van der Waals surface area contributed by atoms with Crippen molar-refractivity contribution in [2.75, 3.05) is 32.6 Å². The number of hydrogen-bond acceptors (Lipinski definition) is 4. The third kappa shape index (κ3) is 2.31. The molecule has 1 atom stereocenters. The van der Waals surface area contributed by atoms with Gasteiger partial charge in [0.1, 0.15) is 11.8 Å². The molecule has 1 heterocycles. The molecule has 20 heavy (non-hydrogen) atoms. The first-order valence-corrected chi connectivity index (χ1v) is 7.64. The lowest BCUT2D eigenvalue weighted by Gasteiger charge is -2.39. The van der Waals surface area contributed by atoms with Crippen molar-refractivity contribution in [3.63, 3.8) is 0 Å². The van der Waals surface area contributed by atoms with Gasteiger partial charge >= 0.3 is 0 Å². The minimum Gasteiger partial charge on any atom is -0.352 e. The highest BCUT2D eigenvalue weighted by atomic mass is 35.5. The van der Waals surface area contributed by atoms with Crippen molar-refractivity contribution >= 4 is 17.3 Å². The quantitative estimate of drug-likeness (QED) is 0.703. The molecule has 0 saturated carbocycles. The molecule has 0 fully saturated rings. The zero-order valence-electron chi connectivity index (χ0n) is 12.8. The van der Waals surface area contributed by atoms with E-state index in [9.17, 15) is 0 Å². The van der Waals surface area contributed by atoms with Gasteiger partial charge in [-0.15, -0.1) is 0 Å². The third-order valence-corrected chi connectivity index (χ3v) is 4.46. The molecule has 0 aromatic heterocycles. The molecule has 0 saturated heterocycles. The minimum absolute atomic E-state index is 0.150.